The fraction of sp³-hybridized carbons (Fsp3) is 0.625. The number of hydrogen-bond donors (Lipinski definition) is 1. The molecule has 0 unspecified atom stereocenters. The zero-order valence-electron chi connectivity index (χ0n) is 11.9. The van der Waals surface area contributed by atoms with Crippen LogP contribution in [0.1, 0.15) is 49.7 Å². The average molecular weight is 264 g/mol. The Morgan fingerprint density at radius 2 is 1.84 bits per heavy atom. The topological polar surface area (TPSA) is 29.3 Å². The van der Waals surface area contributed by atoms with Gasteiger partial charge in [0.1, 0.15) is 5.82 Å². The Morgan fingerprint density at radius 3 is 2.47 bits per heavy atom. The van der Waals surface area contributed by atoms with E-state index in [-0.39, 0.29) is 5.82 Å². The molecule has 1 aromatic carbocycles. The molecule has 0 bridgehead atoms. The molecule has 0 aromatic heterocycles. The van der Waals surface area contributed by atoms with Gasteiger partial charge in [0.25, 0.3) is 0 Å². The van der Waals surface area contributed by atoms with Crippen molar-refractivity contribution in [3.05, 3.63) is 35.1 Å². The van der Waals surface area contributed by atoms with Crippen molar-refractivity contribution >= 4 is 0 Å². The van der Waals surface area contributed by atoms with Crippen LogP contribution in [0.25, 0.3) is 0 Å². The van der Waals surface area contributed by atoms with E-state index in [0.29, 0.717) is 12.6 Å². The third kappa shape index (κ3) is 4.02. The molecule has 1 aliphatic rings. The van der Waals surface area contributed by atoms with Crippen molar-refractivity contribution in [2.45, 2.75) is 57.7 Å². The van der Waals surface area contributed by atoms with Crippen LogP contribution in [0, 0.1) is 5.82 Å². The summed E-state index contributed by atoms with van der Waals surface area (Å²) >= 11 is 0. The summed E-state index contributed by atoms with van der Waals surface area (Å²) in [5.41, 5.74) is 7.83. The monoisotopic (exact) mass is 264 g/mol. The van der Waals surface area contributed by atoms with E-state index < -0.39 is 0 Å². The van der Waals surface area contributed by atoms with Crippen LogP contribution < -0.4 is 5.73 Å². The summed E-state index contributed by atoms with van der Waals surface area (Å²) in [6, 6.07) is 5.58. The molecule has 0 saturated heterocycles. The maximum atomic E-state index is 13.4. The standard InChI is InChI=1S/C16H25FN2/c1-19(16-6-4-2-3-5-7-16)12-14-10-15(17)9-8-13(14)11-18/h8-10,16H,2-7,11-12,18H2,1H3. The summed E-state index contributed by atoms with van der Waals surface area (Å²) in [4.78, 5) is 2.37. The molecule has 0 atom stereocenters. The van der Waals surface area contributed by atoms with Gasteiger partial charge in [-0.15, -0.1) is 0 Å². The number of nitrogens with zero attached hydrogens (tertiary/aromatic N) is 1. The lowest BCUT2D eigenvalue weighted by Gasteiger charge is -2.27. The van der Waals surface area contributed by atoms with Gasteiger partial charge < -0.3 is 5.73 Å². The first-order chi connectivity index (χ1) is 9.20. The second-order valence-electron chi connectivity index (χ2n) is 5.68. The third-order valence-electron chi connectivity index (χ3n) is 4.26. The summed E-state index contributed by atoms with van der Waals surface area (Å²) in [7, 11) is 2.15. The van der Waals surface area contributed by atoms with Crippen LogP contribution in [-0.2, 0) is 13.1 Å². The summed E-state index contributed by atoms with van der Waals surface area (Å²) < 4.78 is 13.4. The van der Waals surface area contributed by atoms with Crippen LogP contribution in [0.3, 0.4) is 0 Å². The third-order valence-corrected chi connectivity index (χ3v) is 4.26. The Kier molecular flexibility index (Phi) is 5.34. The van der Waals surface area contributed by atoms with Gasteiger partial charge in [-0.1, -0.05) is 31.7 Å². The molecule has 1 saturated carbocycles. The minimum Gasteiger partial charge on any atom is -0.326 e. The zero-order chi connectivity index (χ0) is 13.7. The molecule has 0 aliphatic heterocycles. The predicted octanol–water partition coefficient (Wildman–Crippen LogP) is 3.44. The lowest BCUT2D eigenvalue weighted by atomic mass is 10.0. The van der Waals surface area contributed by atoms with Crippen LogP contribution in [0.5, 0.6) is 0 Å². The number of benzene rings is 1. The molecule has 3 heteroatoms. The fourth-order valence-corrected chi connectivity index (χ4v) is 3.04. The Morgan fingerprint density at radius 1 is 1.16 bits per heavy atom. The molecule has 19 heavy (non-hydrogen) atoms. The van der Waals surface area contributed by atoms with Crippen LogP contribution >= 0.6 is 0 Å². The van der Waals surface area contributed by atoms with Gasteiger partial charge in [0.2, 0.25) is 0 Å². The predicted molar refractivity (Wildman–Crippen MR) is 77.2 cm³/mol. The van der Waals surface area contributed by atoms with Crippen LogP contribution in [0.2, 0.25) is 0 Å². The second kappa shape index (κ2) is 7.01. The summed E-state index contributed by atoms with van der Waals surface area (Å²) in [5, 5.41) is 0. The molecular weight excluding hydrogens is 239 g/mol. The van der Waals surface area contributed by atoms with Crippen LogP contribution in [0.4, 0.5) is 4.39 Å². The van der Waals surface area contributed by atoms with Crippen molar-refractivity contribution in [2.24, 2.45) is 5.73 Å². The first-order valence-electron chi connectivity index (χ1n) is 7.38. The van der Waals surface area contributed by atoms with E-state index in [0.717, 1.165) is 17.7 Å². The quantitative estimate of drug-likeness (QED) is 0.844. The van der Waals surface area contributed by atoms with Crippen molar-refractivity contribution in [1.82, 2.24) is 4.90 Å². The van der Waals surface area contributed by atoms with Gasteiger partial charge in [0, 0.05) is 19.1 Å². The molecule has 2 N–H and O–H groups in total. The highest BCUT2D eigenvalue weighted by Gasteiger charge is 2.17. The Balaban J connectivity index is 2.04. The van der Waals surface area contributed by atoms with E-state index in [4.69, 9.17) is 5.73 Å². The fourth-order valence-electron chi connectivity index (χ4n) is 3.04. The zero-order valence-corrected chi connectivity index (χ0v) is 11.9. The molecule has 1 aliphatic carbocycles. The van der Waals surface area contributed by atoms with Gasteiger partial charge in [-0.2, -0.15) is 0 Å². The normalized spacial score (nSPS) is 17.7. The lowest BCUT2D eigenvalue weighted by molar-refractivity contribution is 0.212. The SMILES string of the molecule is CN(Cc1cc(F)ccc1CN)C1CCCCCC1. The van der Waals surface area contributed by atoms with Gasteiger partial charge in [-0.3, -0.25) is 4.90 Å². The second-order valence-corrected chi connectivity index (χ2v) is 5.68. The Bertz CT molecular complexity index is 398. The molecule has 0 radical (unpaired) electrons. The highest BCUT2D eigenvalue weighted by molar-refractivity contribution is 5.27. The van der Waals surface area contributed by atoms with Crippen molar-refractivity contribution in [1.29, 1.82) is 0 Å². The average Bonchev–Trinajstić information content (AvgIpc) is 2.68. The molecule has 0 heterocycles. The molecule has 1 fully saturated rings. The summed E-state index contributed by atoms with van der Waals surface area (Å²) in [5.74, 6) is -0.165. The molecule has 106 valence electrons. The maximum absolute atomic E-state index is 13.4. The van der Waals surface area contributed by atoms with Gasteiger partial charge >= 0.3 is 0 Å². The number of nitrogens with two attached hydrogens (primary N) is 1. The van der Waals surface area contributed by atoms with E-state index in [2.05, 4.69) is 11.9 Å². The van der Waals surface area contributed by atoms with Crippen LogP contribution in [-0.4, -0.2) is 18.0 Å². The Hall–Kier alpha value is -0.930. The minimum absolute atomic E-state index is 0.165. The van der Waals surface area contributed by atoms with Crippen molar-refractivity contribution < 1.29 is 4.39 Å². The molecule has 2 nitrogen and oxygen atoms in total. The summed E-state index contributed by atoms with van der Waals surface area (Å²) in [6.45, 7) is 1.28. The van der Waals surface area contributed by atoms with E-state index in [1.54, 1.807) is 6.07 Å². The van der Waals surface area contributed by atoms with Crippen molar-refractivity contribution in [3.8, 4) is 0 Å². The summed E-state index contributed by atoms with van der Waals surface area (Å²) in [6.07, 6.45) is 7.90. The Labute approximate surface area is 115 Å². The molecule has 0 amide bonds. The highest BCUT2D eigenvalue weighted by atomic mass is 19.1. The van der Waals surface area contributed by atoms with E-state index in [1.807, 2.05) is 6.07 Å². The van der Waals surface area contributed by atoms with Crippen LogP contribution in [0.15, 0.2) is 18.2 Å². The van der Waals surface area contributed by atoms with Crippen molar-refractivity contribution in [3.63, 3.8) is 0 Å². The van der Waals surface area contributed by atoms with Gasteiger partial charge in [0.05, 0.1) is 0 Å². The maximum Gasteiger partial charge on any atom is 0.123 e. The molecule has 2 rings (SSSR count). The first kappa shape index (κ1) is 14.5. The highest BCUT2D eigenvalue weighted by Crippen LogP contribution is 2.23. The molecule has 1 aromatic rings. The van der Waals surface area contributed by atoms with Crippen molar-refractivity contribution in [2.75, 3.05) is 7.05 Å². The van der Waals surface area contributed by atoms with E-state index in [9.17, 15) is 4.39 Å². The van der Waals surface area contributed by atoms with Gasteiger partial charge in [-0.05, 0) is 43.1 Å². The lowest BCUT2D eigenvalue weighted by Crippen LogP contribution is -2.31. The molecular formula is C16H25FN2. The first-order valence-corrected chi connectivity index (χ1v) is 7.38. The van der Waals surface area contributed by atoms with Gasteiger partial charge in [0.15, 0.2) is 0 Å². The number of halogens is 1. The smallest absolute Gasteiger partial charge is 0.123 e. The van der Waals surface area contributed by atoms with E-state index >= 15 is 0 Å². The minimum atomic E-state index is -0.165. The number of hydrogen-bond acceptors (Lipinski definition) is 2. The number of rotatable bonds is 4. The largest absolute Gasteiger partial charge is 0.326 e. The van der Waals surface area contributed by atoms with Gasteiger partial charge in [-0.25, -0.2) is 4.39 Å². The molecule has 0 spiro atoms. The van der Waals surface area contributed by atoms with E-state index in [1.165, 1.54) is 44.6 Å².